The van der Waals surface area contributed by atoms with Gasteiger partial charge in [0.25, 0.3) is 0 Å². The fourth-order valence-corrected chi connectivity index (χ4v) is 3.22. The molecule has 0 atom stereocenters. The quantitative estimate of drug-likeness (QED) is 0.795. The molecule has 0 saturated heterocycles. The average molecular weight is 289 g/mol. The maximum Gasteiger partial charge on any atom is 0.325 e. The van der Waals surface area contributed by atoms with Crippen LogP contribution in [-0.2, 0) is 21.4 Å². The number of sulfonamides is 1. The third-order valence-electron chi connectivity index (χ3n) is 2.47. The van der Waals surface area contributed by atoms with Crippen LogP contribution in [0.1, 0.15) is 20.8 Å². The highest BCUT2D eigenvalue weighted by atomic mass is 32.2. The van der Waals surface area contributed by atoms with Crippen molar-refractivity contribution < 1.29 is 18.3 Å². The van der Waals surface area contributed by atoms with Gasteiger partial charge < -0.3 is 5.11 Å². The van der Waals surface area contributed by atoms with E-state index in [1.54, 1.807) is 6.92 Å². The molecule has 7 nitrogen and oxygen atoms in total. The molecule has 0 fully saturated rings. The van der Waals surface area contributed by atoms with Crippen LogP contribution in [0.25, 0.3) is 0 Å². The number of carboxylic acid groups (broad SMARTS) is 1. The number of hydrogen-bond acceptors (Lipinski definition) is 4. The number of rotatable bonds is 7. The van der Waals surface area contributed by atoms with Crippen molar-refractivity contribution in [2.24, 2.45) is 5.92 Å². The predicted octanol–water partition coefficient (Wildman–Crippen LogP) is 0.634. The highest BCUT2D eigenvalue weighted by Gasteiger charge is 2.25. The van der Waals surface area contributed by atoms with Crippen LogP contribution < -0.4 is 0 Å². The largest absolute Gasteiger partial charge is 0.480 e. The standard InChI is InChI=1S/C11H19N3O4S/c1-4-14(6-9(2)3)19(17,18)10-5-12-13(7-10)8-11(15)16/h5,7,9H,4,6,8H2,1-3H3,(H,15,16). The zero-order valence-electron chi connectivity index (χ0n) is 11.3. The molecule has 0 unspecified atom stereocenters. The Kier molecular flexibility index (Phi) is 5.07. The SMILES string of the molecule is CCN(CC(C)C)S(=O)(=O)c1cnn(CC(=O)O)c1. The van der Waals surface area contributed by atoms with Gasteiger partial charge >= 0.3 is 5.97 Å². The van der Waals surface area contributed by atoms with E-state index in [0.717, 1.165) is 4.68 Å². The van der Waals surface area contributed by atoms with Crippen LogP contribution in [0.2, 0.25) is 0 Å². The second-order valence-corrected chi connectivity index (χ2v) is 6.55. The summed E-state index contributed by atoms with van der Waals surface area (Å²) in [6.45, 7) is 6.07. The Balaban J connectivity index is 2.98. The summed E-state index contributed by atoms with van der Waals surface area (Å²) in [4.78, 5) is 10.6. The lowest BCUT2D eigenvalue weighted by atomic mass is 10.2. The topological polar surface area (TPSA) is 92.5 Å². The van der Waals surface area contributed by atoms with E-state index in [2.05, 4.69) is 5.10 Å². The smallest absolute Gasteiger partial charge is 0.325 e. The van der Waals surface area contributed by atoms with Crippen molar-refractivity contribution in [3.8, 4) is 0 Å². The normalized spacial score (nSPS) is 12.3. The van der Waals surface area contributed by atoms with E-state index in [0.29, 0.717) is 13.1 Å². The molecule has 8 heteroatoms. The van der Waals surface area contributed by atoms with E-state index in [1.165, 1.54) is 16.7 Å². The van der Waals surface area contributed by atoms with Crippen molar-refractivity contribution >= 4 is 16.0 Å². The number of aliphatic carboxylic acids is 1. The van der Waals surface area contributed by atoms with Gasteiger partial charge in [-0.15, -0.1) is 0 Å². The highest BCUT2D eigenvalue weighted by molar-refractivity contribution is 7.89. The molecule has 1 aromatic rings. The fourth-order valence-electron chi connectivity index (χ4n) is 1.66. The monoisotopic (exact) mass is 289 g/mol. The Labute approximate surface area is 112 Å². The van der Waals surface area contributed by atoms with Crippen molar-refractivity contribution in [1.82, 2.24) is 14.1 Å². The van der Waals surface area contributed by atoms with Gasteiger partial charge in [0, 0.05) is 19.3 Å². The minimum absolute atomic E-state index is 0.0243. The van der Waals surface area contributed by atoms with Gasteiger partial charge in [-0.2, -0.15) is 9.40 Å². The van der Waals surface area contributed by atoms with Gasteiger partial charge in [-0.1, -0.05) is 20.8 Å². The van der Waals surface area contributed by atoms with Gasteiger partial charge in [0.2, 0.25) is 10.0 Å². The molecule has 0 aliphatic carbocycles. The molecule has 0 aliphatic rings. The van der Waals surface area contributed by atoms with Crippen molar-refractivity contribution in [2.45, 2.75) is 32.2 Å². The summed E-state index contributed by atoms with van der Waals surface area (Å²) in [5, 5.41) is 12.4. The third kappa shape index (κ3) is 4.03. The Morgan fingerprint density at radius 2 is 2.16 bits per heavy atom. The van der Waals surface area contributed by atoms with E-state index in [4.69, 9.17) is 5.11 Å². The average Bonchev–Trinajstić information content (AvgIpc) is 2.73. The second-order valence-electron chi connectivity index (χ2n) is 4.62. The lowest BCUT2D eigenvalue weighted by Crippen LogP contribution is -2.33. The van der Waals surface area contributed by atoms with Gasteiger partial charge in [-0.25, -0.2) is 8.42 Å². The summed E-state index contributed by atoms with van der Waals surface area (Å²) >= 11 is 0. The molecule has 0 radical (unpaired) electrons. The first-order valence-electron chi connectivity index (χ1n) is 6.01. The van der Waals surface area contributed by atoms with E-state index in [1.807, 2.05) is 13.8 Å². The molecule has 1 heterocycles. The number of nitrogens with zero attached hydrogens (tertiary/aromatic N) is 3. The fraction of sp³-hybridized carbons (Fsp3) is 0.636. The van der Waals surface area contributed by atoms with E-state index >= 15 is 0 Å². The van der Waals surface area contributed by atoms with Crippen molar-refractivity contribution in [3.05, 3.63) is 12.4 Å². The summed E-state index contributed by atoms with van der Waals surface area (Å²) in [5.41, 5.74) is 0. The molecule has 0 saturated carbocycles. The lowest BCUT2D eigenvalue weighted by Gasteiger charge is -2.21. The number of hydrogen-bond donors (Lipinski definition) is 1. The van der Waals surface area contributed by atoms with Crippen LogP contribution in [-0.4, -0.2) is 46.7 Å². The summed E-state index contributed by atoms with van der Waals surface area (Å²) < 4.78 is 27.1. The van der Waals surface area contributed by atoms with Crippen molar-refractivity contribution in [1.29, 1.82) is 0 Å². The van der Waals surface area contributed by atoms with Crippen LogP contribution in [0.3, 0.4) is 0 Å². The summed E-state index contributed by atoms with van der Waals surface area (Å²) in [7, 11) is -3.60. The Hall–Kier alpha value is -1.41. The van der Waals surface area contributed by atoms with Gasteiger partial charge in [0.1, 0.15) is 11.4 Å². The minimum atomic E-state index is -3.60. The van der Waals surface area contributed by atoms with Crippen LogP contribution in [0.5, 0.6) is 0 Å². The van der Waals surface area contributed by atoms with Crippen molar-refractivity contribution in [2.75, 3.05) is 13.1 Å². The van der Waals surface area contributed by atoms with Crippen molar-refractivity contribution in [3.63, 3.8) is 0 Å². The summed E-state index contributed by atoms with van der Waals surface area (Å²) in [6.07, 6.45) is 2.42. The predicted molar refractivity (Wildman–Crippen MR) is 69.1 cm³/mol. The zero-order chi connectivity index (χ0) is 14.6. The Morgan fingerprint density at radius 1 is 1.53 bits per heavy atom. The summed E-state index contributed by atoms with van der Waals surface area (Å²) in [6, 6.07) is 0. The molecule has 0 aliphatic heterocycles. The highest BCUT2D eigenvalue weighted by Crippen LogP contribution is 2.16. The van der Waals surface area contributed by atoms with E-state index < -0.39 is 16.0 Å². The lowest BCUT2D eigenvalue weighted by molar-refractivity contribution is -0.137. The first-order valence-corrected chi connectivity index (χ1v) is 7.45. The van der Waals surface area contributed by atoms with E-state index in [-0.39, 0.29) is 17.4 Å². The van der Waals surface area contributed by atoms with Crippen LogP contribution in [0.4, 0.5) is 0 Å². The maximum absolute atomic E-state index is 12.3. The molecular weight excluding hydrogens is 270 g/mol. The second kappa shape index (κ2) is 6.16. The first kappa shape index (κ1) is 15.6. The summed E-state index contributed by atoms with van der Waals surface area (Å²) in [5.74, 6) is -0.856. The van der Waals surface area contributed by atoms with Gasteiger partial charge in [0.15, 0.2) is 0 Å². The Bertz CT molecular complexity index is 536. The molecule has 0 aromatic carbocycles. The van der Waals surface area contributed by atoms with Crippen LogP contribution >= 0.6 is 0 Å². The molecule has 19 heavy (non-hydrogen) atoms. The molecule has 1 rings (SSSR count). The molecule has 108 valence electrons. The van der Waals surface area contributed by atoms with E-state index in [9.17, 15) is 13.2 Å². The molecule has 0 spiro atoms. The molecule has 0 amide bonds. The molecular formula is C11H19N3O4S. The van der Waals surface area contributed by atoms with Gasteiger partial charge in [-0.05, 0) is 5.92 Å². The minimum Gasteiger partial charge on any atom is -0.480 e. The number of aromatic nitrogens is 2. The maximum atomic E-state index is 12.3. The van der Waals surface area contributed by atoms with Gasteiger partial charge in [-0.3, -0.25) is 9.48 Å². The molecule has 1 aromatic heterocycles. The molecule has 0 bridgehead atoms. The number of carbonyl (C=O) groups is 1. The van der Waals surface area contributed by atoms with Crippen LogP contribution in [0, 0.1) is 5.92 Å². The third-order valence-corrected chi connectivity index (χ3v) is 4.36. The van der Waals surface area contributed by atoms with Crippen LogP contribution in [0.15, 0.2) is 17.3 Å². The molecule has 1 N–H and O–H groups in total. The number of carboxylic acids is 1. The first-order chi connectivity index (χ1) is 8.77. The zero-order valence-corrected chi connectivity index (χ0v) is 12.1. The Morgan fingerprint density at radius 3 is 2.63 bits per heavy atom. The van der Waals surface area contributed by atoms with Gasteiger partial charge in [0.05, 0.1) is 6.20 Å².